The number of esters is 1. The molecule has 2 aromatic rings. The molecule has 2 aliphatic heterocycles. The fraction of sp³-hybridized carbons (Fsp3) is 0.484. The van der Waals surface area contributed by atoms with Crippen LogP contribution in [-0.2, 0) is 9.53 Å². The van der Waals surface area contributed by atoms with E-state index in [0.29, 0.717) is 13.0 Å². The molecule has 2 atom stereocenters. The number of rotatable bonds is 5. The average molecular weight is 584 g/mol. The van der Waals surface area contributed by atoms with E-state index in [4.69, 9.17) is 4.74 Å². The highest BCUT2D eigenvalue weighted by atomic mass is 19.2. The van der Waals surface area contributed by atoms with Crippen LogP contribution in [0.5, 0.6) is 0 Å². The van der Waals surface area contributed by atoms with Crippen LogP contribution in [0.3, 0.4) is 0 Å². The van der Waals surface area contributed by atoms with E-state index in [1.165, 1.54) is 50.8 Å². The SMILES string of the molecule is CCN1CCC(NC(=O)N2C(=O)NC(C)=C(C(=O)OC)[C@@H]2c2ccc(F)c(F)c2)C1.c1ccc(C2CCCCC2)nc1. The van der Waals surface area contributed by atoms with Gasteiger partial charge in [0.25, 0.3) is 0 Å². The maximum Gasteiger partial charge on any atom is 0.337 e. The molecule has 0 spiro atoms. The van der Waals surface area contributed by atoms with Crippen molar-refractivity contribution < 1.29 is 27.9 Å². The summed E-state index contributed by atoms with van der Waals surface area (Å²) in [4.78, 5) is 45.6. The predicted octanol–water partition coefficient (Wildman–Crippen LogP) is 5.41. The normalized spacial score (nSPS) is 21.4. The zero-order valence-electron chi connectivity index (χ0n) is 24.4. The minimum Gasteiger partial charge on any atom is -0.466 e. The van der Waals surface area contributed by atoms with Gasteiger partial charge in [0, 0.05) is 42.6 Å². The van der Waals surface area contributed by atoms with Gasteiger partial charge in [0.2, 0.25) is 0 Å². The molecule has 226 valence electrons. The maximum absolute atomic E-state index is 13.9. The molecule has 1 aliphatic carbocycles. The van der Waals surface area contributed by atoms with Gasteiger partial charge in [-0.1, -0.05) is 38.3 Å². The van der Waals surface area contributed by atoms with Crippen LogP contribution >= 0.6 is 0 Å². The summed E-state index contributed by atoms with van der Waals surface area (Å²) in [6, 6.07) is 6.26. The number of imide groups is 1. The predicted molar refractivity (Wildman–Crippen MR) is 153 cm³/mol. The third kappa shape index (κ3) is 7.31. The molecule has 11 heteroatoms. The minimum atomic E-state index is -1.27. The molecule has 1 aromatic carbocycles. The summed E-state index contributed by atoms with van der Waals surface area (Å²) < 4.78 is 32.2. The number of nitrogens with one attached hydrogen (secondary N) is 2. The number of nitrogens with zero attached hydrogens (tertiary/aromatic N) is 3. The molecule has 4 amide bonds. The van der Waals surface area contributed by atoms with Crippen LogP contribution in [0.25, 0.3) is 0 Å². The number of carbonyl (C=O) groups excluding carboxylic acids is 3. The van der Waals surface area contributed by atoms with Crippen molar-refractivity contribution in [1.29, 1.82) is 0 Å². The lowest BCUT2D eigenvalue weighted by Crippen LogP contribution is -2.56. The average Bonchev–Trinajstić information content (AvgIpc) is 3.46. The van der Waals surface area contributed by atoms with Crippen LogP contribution < -0.4 is 10.6 Å². The molecular weight excluding hydrogens is 544 g/mol. The van der Waals surface area contributed by atoms with Gasteiger partial charge < -0.3 is 20.3 Å². The fourth-order valence-electron chi connectivity index (χ4n) is 5.82. The first-order valence-electron chi connectivity index (χ1n) is 14.5. The summed E-state index contributed by atoms with van der Waals surface area (Å²) in [6.07, 6.45) is 9.51. The maximum atomic E-state index is 13.9. The van der Waals surface area contributed by atoms with E-state index >= 15 is 0 Å². The lowest BCUT2D eigenvalue weighted by Gasteiger charge is -2.36. The second-order valence-electron chi connectivity index (χ2n) is 10.8. The van der Waals surface area contributed by atoms with Crippen molar-refractivity contribution in [2.24, 2.45) is 0 Å². The molecule has 42 heavy (non-hydrogen) atoms. The summed E-state index contributed by atoms with van der Waals surface area (Å²) in [5.41, 5.74) is 1.50. The highest BCUT2D eigenvalue weighted by Gasteiger charge is 2.43. The van der Waals surface area contributed by atoms with Gasteiger partial charge >= 0.3 is 18.0 Å². The lowest BCUT2D eigenvalue weighted by atomic mass is 9.87. The van der Waals surface area contributed by atoms with Crippen molar-refractivity contribution in [3.63, 3.8) is 0 Å². The van der Waals surface area contributed by atoms with Crippen molar-refractivity contribution in [1.82, 2.24) is 25.4 Å². The molecule has 3 aliphatic rings. The number of benzene rings is 1. The number of amides is 4. The van der Waals surface area contributed by atoms with Gasteiger partial charge in [0.15, 0.2) is 11.6 Å². The third-order valence-corrected chi connectivity index (χ3v) is 8.09. The number of hydrogen-bond donors (Lipinski definition) is 2. The summed E-state index contributed by atoms with van der Waals surface area (Å²) in [5, 5.41) is 5.28. The van der Waals surface area contributed by atoms with Crippen molar-refractivity contribution in [3.8, 4) is 0 Å². The van der Waals surface area contributed by atoms with Crippen LogP contribution in [0.1, 0.15) is 75.6 Å². The van der Waals surface area contributed by atoms with Gasteiger partial charge in [-0.15, -0.1) is 0 Å². The van der Waals surface area contributed by atoms with Crippen molar-refractivity contribution in [3.05, 3.63) is 76.8 Å². The Morgan fingerprint density at radius 3 is 2.48 bits per heavy atom. The zero-order chi connectivity index (χ0) is 30.2. The largest absolute Gasteiger partial charge is 0.466 e. The number of ether oxygens (including phenoxy) is 1. The van der Waals surface area contributed by atoms with Crippen LogP contribution in [0.15, 0.2) is 53.9 Å². The van der Waals surface area contributed by atoms with Crippen molar-refractivity contribution >= 4 is 18.0 Å². The van der Waals surface area contributed by atoms with E-state index in [2.05, 4.69) is 32.7 Å². The Kier molecular flexibility index (Phi) is 10.6. The Balaban J connectivity index is 0.000000279. The van der Waals surface area contributed by atoms with Gasteiger partial charge in [-0.2, -0.15) is 0 Å². The van der Waals surface area contributed by atoms with E-state index in [-0.39, 0.29) is 22.9 Å². The Hall–Kier alpha value is -3.86. The number of aromatic nitrogens is 1. The van der Waals surface area contributed by atoms with Gasteiger partial charge in [-0.3, -0.25) is 4.98 Å². The highest BCUT2D eigenvalue weighted by molar-refractivity contribution is 6.01. The molecule has 0 bridgehead atoms. The Labute approximate surface area is 245 Å². The number of allylic oxidation sites excluding steroid dienone is 1. The van der Waals surface area contributed by atoms with Crippen molar-refractivity contribution in [2.75, 3.05) is 26.7 Å². The van der Waals surface area contributed by atoms with Crippen LogP contribution in [0, 0.1) is 11.6 Å². The summed E-state index contributed by atoms with van der Waals surface area (Å²) in [7, 11) is 1.16. The molecule has 3 heterocycles. The first-order chi connectivity index (χ1) is 20.2. The lowest BCUT2D eigenvalue weighted by molar-refractivity contribution is -0.136. The van der Waals surface area contributed by atoms with E-state index < -0.39 is 35.7 Å². The monoisotopic (exact) mass is 583 g/mol. The van der Waals surface area contributed by atoms with E-state index in [0.717, 1.165) is 43.1 Å². The van der Waals surface area contributed by atoms with Crippen molar-refractivity contribution in [2.45, 2.75) is 70.4 Å². The number of methoxy groups -OCH3 is 1. The van der Waals surface area contributed by atoms with Crippen LogP contribution in [0.4, 0.5) is 18.4 Å². The first kappa shape index (κ1) is 31.1. The fourth-order valence-corrected chi connectivity index (χ4v) is 5.82. The summed E-state index contributed by atoms with van der Waals surface area (Å²) in [6.45, 7) is 5.77. The zero-order valence-corrected chi connectivity index (χ0v) is 24.4. The van der Waals surface area contributed by atoms with Crippen LogP contribution in [-0.4, -0.2) is 65.6 Å². The molecule has 9 nitrogen and oxygen atoms in total. The molecule has 1 aromatic heterocycles. The number of halogens is 2. The first-order valence-corrected chi connectivity index (χ1v) is 14.5. The standard InChI is InChI=1S/C20H24F2N4O4.C11H15N/c1-4-25-8-7-13(10-25)24-20(29)26-17(12-5-6-14(21)15(22)9-12)16(18(27)30-3)11(2)23-19(26)28;1-2-6-10(7-3-1)11-8-4-5-9-12-11/h5-6,9,13,17H,4,7-8,10H2,1-3H3,(H,23,28)(H,24,29);4-5,8-10H,1-3,6-7H2/t13?,17-;/m0./s1. The molecule has 1 saturated heterocycles. The Morgan fingerprint density at radius 2 is 1.86 bits per heavy atom. The number of pyridine rings is 1. The quantitative estimate of drug-likeness (QED) is 0.456. The second-order valence-corrected chi connectivity index (χ2v) is 10.8. The molecule has 1 saturated carbocycles. The molecule has 1 unspecified atom stereocenters. The highest BCUT2D eigenvalue weighted by Crippen LogP contribution is 2.35. The van der Waals surface area contributed by atoms with E-state index in [1.54, 1.807) is 0 Å². The van der Waals surface area contributed by atoms with Crippen LogP contribution in [0.2, 0.25) is 0 Å². The molecule has 0 radical (unpaired) electrons. The smallest absolute Gasteiger partial charge is 0.337 e. The second kappa shape index (κ2) is 14.4. The number of hydrogen-bond acceptors (Lipinski definition) is 6. The van der Waals surface area contributed by atoms with Gasteiger partial charge in [0.1, 0.15) is 6.04 Å². The Morgan fingerprint density at radius 1 is 1.10 bits per heavy atom. The van der Waals surface area contributed by atoms with Gasteiger partial charge in [-0.25, -0.2) is 28.1 Å². The number of likely N-dealkylation sites (N-methyl/N-ethyl adjacent to an activating group) is 1. The Bertz CT molecular complexity index is 1300. The molecular formula is C31H39F2N5O4. The number of carbonyl (C=O) groups is 3. The van der Waals surface area contributed by atoms with E-state index in [1.807, 2.05) is 19.2 Å². The molecule has 2 N–H and O–H groups in total. The van der Waals surface area contributed by atoms with E-state index in [9.17, 15) is 23.2 Å². The third-order valence-electron chi connectivity index (χ3n) is 8.09. The number of likely N-dealkylation sites (tertiary alicyclic amines) is 1. The molecule has 2 fully saturated rings. The summed E-state index contributed by atoms with van der Waals surface area (Å²) in [5.74, 6) is -2.28. The van der Waals surface area contributed by atoms with Gasteiger partial charge in [-0.05, 0) is 62.6 Å². The number of urea groups is 2. The topological polar surface area (TPSA) is 104 Å². The summed E-state index contributed by atoms with van der Waals surface area (Å²) >= 11 is 0. The minimum absolute atomic E-state index is 0.0418. The molecule has 5 rings (SSSR count). The van der Waals surface area contributed by atoms with Gasteiger partial charge in [0.05, 0.1) is 12.7 Å².